The number of carbonyl (C=O) groups excluding carboxylic acids is 2. The number of quaternary nitrogens is 1. The fourth-order valence-electron chi connectivity index (χ4n) is 8.40. The highest BCUT2D eigenvalue weighted by molar-refractivity contribution is 7.45. The van der Waals surface area contributed by atoms with E-state index in [0.29, 0.717) is 17.4 Å². The minimum Gasteiger partial charge on any atom is -0.756 e. The Balaban J connectivity index is 5.35. The van der Waals surface area contributed by atoms with E-state index in [1.807, 2.05) is 33.3 Å². The van der Waals surface area contributed by atoms with E-state index in [1.165, 1.54) is 141 Å². The molecule has 3 unspecified atom stereocenters. The first-order chi connectivity index (χ1) is 34.4. The smallest absolute Gasteiger partial charge is 0.306 e. The summed E-state index contributed by atoms with van der Waals surface area (Å²) in [5, 5.41) is 3.02. The molecule has 0 saturated heterocycles. The Hall–Kier alpha value is -2.29. The number of phosphoric ester groups is 1. The number of hydrogen-bond donors (Lipinski definition) is 1. The summed E-state index contributed by atoms with van der Waals surface area (Å²) in [6.07, 6.45) is 63.2. The number of rotatable bonds is 53. The Morgan fingerprint density at radius 3 is 1.38 bits per heavy atom. The highest BCUT2D eigenvalue weighted by Gasteiger charge is 2.27. The lowest BCUT2D eigenvalue weighted by Gasteiger charge is -2.30. The Morgan fingerprint density at radius 2 is 0.915 bits per heavy atom. The van der Waals surface area contributed by atoms with Gasteiger partial charge in [-0.2, -0.15) is 0 Å². The van der Waals surface area contributed by atoms with Crippen LogP contribution in [0.5, 0.6) is 0 Å². The molecule has 3 atom stereocenters. The van der Waals surface area contributed by atoms with Crippen LogP contribution in [-0.2, 0) is 27.9 Å². The maximum atomic E-state index is 13.5. The average molecular weight is 1020 g/mol. The largest absolute Gasteiger partial charge is 0.756 e. The molecule has 0 fully saturated rings. The topological polar surface area (TPSA) is 114 Å². The van der Waals surface area contributed by atoms with Crippen molar-refractivity contribution >= 4 is 19.7 Å². The van der Waals surface area contributed by atoms with Gasteiger partial charge < -0.3 is 28.5 Å². The predicted molar refractivity (Wildman–Crippen MR) is 302 cm³/mol. The first-order valence-electron chi connectivity index (χ1n) is 29.6. The van der Waals surface area contributed by atoms with Gasteiger partial charge >= 0.3 is 5.97 Å². The molecular weight excluding hydrogens is 904 g/mol. The fourth-order valence-corrected chi connectivity index (χ4v) is 9.12. The summed E-state index contributed by atoms with van der Waals surface area (Å²) in [6, 6.07) is -0.895. The Kier molecular flexibility index (Phi) is 49.6. The van der Waals surface area contributed by atoms with E-state index in [1.54, 1.807) is 0 Å². The van der Waals surface area contributed by atoms with Crippen LogP contribution in [0.15, 0.2) is 60.8 Å². The molecule has 0 heterocycles. The lowest BCUT2D eigenvalue weighted by atomic mass is 10.0. The molecule has 0 aromatic rings. The Bertz CT molecular complexity index is 1400. The Labute approximate surface area is 439 Å². The fraction of sp³-hybridized carbons (Fsp3) is 0.803. The number of carbonyl (C=O) groups is 2. The van der Waals surface area contributed by atoms with Crippen molar-refractivity contribution in [3.05, 3.63) is 60.8 Å². The van der Waals surface area contributed by atoms with Crippen molar-refractivity contribution in [2.75, 3.05) is 40.9 Å². The van der Waals surface area contributed by atoms with E-state index in [4.69, 9.17) is 13.8 Å². The molecule has 0 aliphatic carbocycles. The van der Waals surface area contributed by atoms with Crippen molar-refractivity contribution in [1.82, 2.24) is 5.32 Å². The standard InChI is InChI=1S/C61H113N2O7P/c1-7-10-13-16-19-22-25-28-30-31-33-35-38-41-44-47-50-53-60(64)62-58(57-69-71(66,67)68-56-55-63(4,5)6)59(52-49-46-43-40-37-34-27-24-21-18-15-12-9-3)70-61(65)54-51-48-45-42-39-36-32-29-26-23-20-17-14-11-8-2/h11,14,17,20,23,26,28,30,49,52,58-59H,7-10,12-13,15-16,18-19,21-22,24-25,27,29,31-48,50-51,53-57H2,1-6H3,(H-,62,64,66,67)/b14-11+,20-17+,26-23+,30-28+,52-49+. The minimum atomic E-state index is -4.70. The molecule has 0 bridgehead atoms. The number of nitrogens with zero attached hydrogens (tertiary/aromatic N) is 1. The highest BCUT2D eigenvalue weighted by Crippen LogP contribution is 2.38. The van der Waals surface area contributed by atoms with Crippen molar-refractivity contribution in [2.24, 2.45) is 0 Å². The first-order valence-corrected chi connectivity index (χ1v) is 31.1. The second kappa shape index (κ2) is 51.2. The summed E-state index contributed by atoms with van der Waals surface area (Å²) in [5.74, 6) is -0.557. The summed E-state index contributed by atoms with van der Waals surface area (Å²) in [7, 11) is 1.17. The molecule has 0 rings (SSSR count). The van der Waals surface area contributed by atoms with Gasteiger partial charge in [-0.05, 0) is 76.7 Å². The molecule has 1 amide bonds. The lowest BCUT2D eigenvalue weighted by Crippen LogP contribution is -2.47. The van der Waals surface area contributed by atoms with E-state index >= 15 is 0 Å². The van der Waals surface area contributed by atoms with Gasteiger partial charge in [-0.25, -0.2) is 0 Å². The van der Waals surface area contributed by atoms with Crippen LogP contribution < -0.4 is 10.2 Å². The van der Waals surface area contributed by atoms with Gasteiger partial charge in [0, 0.05) is 12.8 Å². The molecule has 9 nitrogen and oxygen atoms in total. The molecule has 10 heteroatoms. The summed E-state index contributed by atoms with van der Waals surface area (Å²) in [6.45, 7) is 6.71. The molecule has 1 N–H and O–H groups in total. The zero-order valence-electron chi connectivity index (χ0n) is 47.2. The van der Waals surface area contributed by atoms with Gasteiger partial charge in [0.15, 0.2) is 0 Å². The lowest BCUT2D eigenvalue weighted by molar-refractivity contribution is -0.870. The number of ether oxygens (including phenoxy) is 1. The van der Waals surface area contributed by atoms with Crippen LogP contribution in [0.3, 0.4) is 0 Å². The molecule has 0 aromatic heterocycles. The number of hydrogen-bond acceptors (Lipinski definition) is 7. The number of likely N-dealkylation sites (N-methyl/N-ethyl adjacent to an activating group) is 1. The molecule has 71 heavy (non-hydrogen) atoms. The second-order valence-electron chi connectivity index (χ2n) is 21.2. The zero-order chi connectivity index (χ0) is 52.2. The van der Waals surface area contributed by atoms with Gasteiger partial charge in [0.1, 0.15) is 19.3 Å². The summed E-state index contributed by atoms with van der Waals surface area (Å²) in [4.78, 5) is 39.9. The normalized spacial score (nSPS) is 14.2. The minimum absolute atomic E-state index is 0.0263. The monoisotopic (exact) mass is 1020 g/mol. The third-order valence-corrected chi connectivity index (χ3v) is 14.0. The van der Waals surface area contributed by atoms with Crippen LogP contribution in [0.1, 0.15) is 265 Å². The van der Waals surface area contributed by atoms with Crippen LogP contribution >= 0.6 is 7.82 Å². The molecule has 0 saturated carbocycles. The maximum Gasteiger partial charge on any atom is 0.306 e. The third kappa shape index (κ3) is 52.4. The Morgan fingerprint density at radius 1 is 0.507 bits per heavy atom. The van der Waals surface area contributed by atoms with Crippen LogP contribution in [0.4, 0.5) is 0 Å². The van der Waals surface area contributed by atoms with Crippen LogP contribution in [0, 0.1) is 0 Å². The van der Waals surface area contributed by atoms with Gasteiger partial charge in [-0.1, -0.05) is 236 Å². The van der Waals surface area contributed by atoms with Crippen molar-refractivity contribution < 1.29 is 37.3 Å². The number of allylic oxidation sites excluding steroid dienone is 9. The molecule has 0 spiro atoms. The van der Waals surface area contributed by atoms with Crippen molar-refractivity contribution in [2.45, 2.75) is 277 Å². The molecule has 414 valence electrons. The number of nitrogens with one attached hydrogen (secondary N) is 1. The van der Waals surface area contributed by atoms with Crippen molar-refractivity contribution in [3.8, 4) is 0 Å². The van der Waals surface area contributed by atoms with Gasteiger partial charge in [-0.15, -0.1) is 0 Å². The average Bonchev–Trinajstić information content (AvgIpc) is 3.33. The maximum absolute atomic E-state index is 13.5. The molecule has 0 aromatic carbocycles. The second-order valence-corrected chi connectivity index (χ2v) is 22.6. The molecule has 0 radical (unpaired) electrons. The van der Waals surface area contributed by atoms with E-state index in [2.05, 4.69) is 74.7 Å². The summed E-state index contributed by atoms with van der Waals surface area (Å²) >= 11 is 0. The number of esters is 1. The molecule has 0 aliphatic rings. The number of phosphoric acid groups is 1. The van der Waals surface area contributed by atoms with Crippen molar-refractivity contribution in [1.29, 1.82) is 0 Å². The van der Waals surface area contributed by atoms with Crippen molar-refractivity contribution in [3.63, 3.8) is 0 Å². The zero-order valence-corrected chi connectivity index (χ0v) is 48.1. The van der Waals surface area contributed by atoms with Gasteiger partial charge in [0.2, 0.25) is 5.91 Å². The van der Waals surface area contributed by atoms with E-state index < -0.39 is 26.6 Å². The van der Waals surface area contributed by atoms with Gasteiger partial charge in [-0.3, -0.25) is 14.2 Å². The predicted octanol–water partition coefficient (Wildman–Crippen LogP) is 17.3. The van der Waals surface area contributed by atoms with Gasteiger partial charge in [0.05, 0.1) is 33.8 Å². The molecular formula is C61H113N2O7P. The first kappa shape index (κ1) is 68.7. The third-order valence-electron chi connectivity index (χ3n) is 13.0. The van der Waals surface area contributed by atoms with E-state index in [9.17, 15) is 19.0 Å². The van der Waals surface area contributed by atoms with Crippen LogP contribution in [0.25, 0.3) is 0 Å². The van der Waals surface area contributed by atoms with E-state index in [0.717, 1.165) is 89.9 Å². The SMILES string of the molecule is CC/C=C/C=C/C=C/CCCCCCCCCC(=O)OC(/C=C/CCCCCCCCCCCCC)C(COP(=O)([O-])OCC[N+](C)(C)C)NC(=O)CCCCCCCCC/C=C/CCCCCCCC. The molecule has 0 aliphatic heterocycles. The van der Waals surface area contributed by atoms with Gasteiger partial charge in [0.25, 0.3) is 7.82 Å². The van der Waals surface area contributed by atoms with Crippen LogP contribution in [0.2, 0.25) is 0 Å². The summed E-state index contributed by atoms with van der Waals surface area (Å²) in [5.41, 5.74) is 0. The number of unbranched alkanes of at least 4 members (excludes halogenated alkanes) is 31. The number of amides is 1. The van der Waals surface area contributed by atoms with E-state index in [-0.39, 0.29) is 24.9 Å². The summed E-state index contributed by atoms with van der Waals surface area (Å²) < 4.78 is 30.3. The quantitative estimate of drug-likeness (QED) is 0.0161. The van der Waals surface area contributed by atoms with Crippen LogP contribution in [-0.4, -0.2) is 69.4 Å². The highest BCUT2D eigenvalue weighted by atomic mass is 31.2.